The summed E-state index contributed by atoms with van der Waals surface area (Å²) in [5.41, 5.74) is -1.54. The number of ether oxygens (including phenoxy) is 1. The van der Waals surface area contributed by atoms with Gasteiger partial charge in [-0.15, -0.1) is 0 Å². The average molecular weight is 381 g/mol. The van der Waals surface area contributed by atoms with Crippen LogP contribution in [0.15, 0.2) is 36.7 Å². The number of methoxy groups -OCH3 is 1. The number of aromatic nitrogens is 2. The summed E-state index contributed by atoms with van der Waals surface area (Å²) in [5.74, 6) is -0.0438. The quantitative estimate of drug-likeness (QED) is 0.673. The number of hydrogen-bond acceptors (Lipinski definition) is 5. The third-order valence-corrected chi connectivity index (χ3v) is 4.64. The minimum absolute atomic E-state index is 0.141. The maximum Gasteiger partial charge on any atom is 0.417 e. The van der Waals surface area contributed by atoms with Crippen molar-refractivity contribution in [1.29, 1.82) is 0 Å². The van der Waals surface area contributed by atoms with E-state index in [1.165, 1.54) is 12.0 Å². The SMILES string of the molecule is CCN(C(=O)c1cnccc1C(F)(F)F)c1nsc2cccc(OC)c12. The first-order valence-electron chi connectivity index (χ1n) is 7.64. The maximum absolute atomic E-state index is 13.3. The number of benzene rings is 1. The van der Waals surface area contributed by atoms with Crippen LogP contribution in [0.1, 0.15) is 22.8 Å². The molecule has 0 aliphatic rings. The minimum atomic E-state index is -4.66. The number of hydrogen-bond donors (Lipinski definition) is 0. The third-order valence-electron chi connectivity index (χ3n) is 3.84. The fraction of sp³-hybridized carbons (Fsp3) is 0.235. The first-order valence-corrected chi connectivity index (χ1v) is 8.41. The molecule has 5 nitrogen and oxygen atoms in total. The van der Waals surface area contributed by atoms with Crippen molar-refractivity contribution < 1.29 is 22.7 Å². The number of amides is 1. The third kappa shape index (κ3) is 3.10. The van der Waals surface area contributed by atoms with Crippen LogP contribution in [-0.2, 0) is 6.18 Å². The van der Waals surface area contributed by atoms with Crippen molar-refractivity contribution in [3.05, 3.63) is 47.8 Å². The molecule has 9 heteroatoms. The van der Waals surface area contributed by atoms with Crippen LogP contribution in [-0.4, -0.2) is 28.9 Å². The van der Waals surface area contributed by atoms with Crippen molar-refractivity contribution in [3.8, 4) is 5.75 Å². The molecule has 0 bridgehead atoms. The fourth-order valence-corrected chi connectivity index (χ4v) is 3.44. The van der Waals surface area contributed by atoms with Crippen molar-refractivity contribution >= 4 is 33.3 Å². The Morgan fingerprint density at radius 1 is 1.31 bits per heavy atom. The van der Waals surface area contributed by atoms with E-state index in [0.29, 0.717) is 11.1 Å². The molecule has 0 spiro atoms. The van der Waals surface area contributed by atoms with Gasteiger partial charge < -0.3 is 4.74 Å². The molecule has 0 atom stereocenters. The van der Waals surface area contributed by atoms with Gasteiger partial charge in [0.05, 0.1) is 28.3 Å². The largest absolute Gasteiger partial charge is 0.496 e. The molecule has 136 valence electrons. The molecule has 3 rings (SSSR count). The molecule has 2 aromatic heterocycles. The van der Waals surface area contributed by atoms with Crippen LogP contribution in [0.4, 0.5) is 19.0 Å². The number of fused-ring (bicyclic) bond motifs is 1. The highest BCUT2D eigenvalue weighted by molar-refractivity contribution is 7.13. The van der Waals surface area contributed by atoms with E-state index in [9.17, 15) is 18.0 Å². The van der Waals surface area contributed by atoms with Gasteiger partial charge in [0.15, 0.2) is 5.82 Å². The molecule has 1 aromatic carbocycles. The highest BCUT2D eigenvalue weighted by Crippen LogP contribution is 2.38. The molecule has 0 saturated heterocycles. The standard InChI is InChI=1S/C17H14F3N3O2S/c1-3-23(15-14-12(25-2)5-4-6-13(14)26-22-15)16(24)10-9-21-8-7-11(10)17(18,19)20/h4-9H,3H2,1-2H3. The van der Waals surface area contributed by atoms with Gasteiger partial charge in [-0.2, -0.15) is 17.5 Å². The van der Waals surface area contributed by atoms with E-state index in [1.54, 1.807) is 19.1 Å². The lowest BCUT2D eigenvalue weighted by Gasteiger charge is -2.21. The second-order valence-corrected chi connectivity index (χ2v) is 6.11. The Hall–Kier alpha value is -2.68. The summed E-state index contributed by atoms with van der Waals surface area (Å²) in [6.45, 7) is 1.81. The summed E-state index contributed by atoms with van der Waals surface area (Å²) in [5, 5.41) is 0.590. The van der Waals surface area contributed by atoms with Crippen LogP contribution in [0, 0.1) is 0 Å². The smallest absolute Gasteiger partial charge is 0.417 e. The highest BCUT2D eigenvalue weighted by atomic mass is 32.1. The van der Waals surface area contributed by atoms with Crippen LogP contribution in [0.25, 0.3) is 10.1 Å². The second kappa shape index (κ2) is 6.91. The van der Waals surface area contributed by atoms with Gasteiger partial charge in [-0.3, -0.25) is 14.7 Å². The molecular weight excluding hydrogens is 367 g/mol. The lowest BCUT2D eigenvalue weighted by atomic mass is 10.1. The average Bonchev–Trinajstić information content (AvgIpc) is 3.05. The van der Waals surface area contributed by atoms with Crippen molar-refractivity contribution in [1.82, 2.24) is 9.36 Å². The predicted octanol–water partition coefficient (Wildman–Crippen LogP) is 4.39. The van der Waals surface area contributed by atoms with Gasteiger partial charge in [0.25, 0.3) is 5.91 Å². The number of halogens is 3. The number of carbonyl (C=O) groups is 1. The Morgan fingerprint density at radius 3 is 2.73 bits per heavy atom. The fourth-order valence-electron chi connectivity index (χ4n) is 2.65. The first kappa shape index (κ1) is 18.1. The molecule has 0 unspecified atom stereocenters. The summed E-state index contributed by atoms with van der Waals surface area (Å²) in [6.07, 6.45) is -2.72. The lowest BCUT2D eigenvalue weighted by molar-refractivity contribution is -0.138. The van der Waals surface area contributed by atoms with Crippen LogP contribution in [0.3, 0.4) is 0 Å². The molecule has 0 radical (unpaired) electrons. The van der Waals surface area contributed by atoms with Crippen LogP contribution >= 0.6 is 11.5 Å². The molecular formula is C17H14F3N3O2S. The lowest BCUT2D eigenvalue weighted by Crippen LogP contribution is -2.33. The Labute approximate surface area is 151 Å². The zero-order chi connectivity index (χ0) is 18.9. The number of rotatable bonds is 4. The van der Waals surface area contributed by atoms with Crippen LogP contribution < -0.4 is 9.64 Å². The van der Waals surface area contributed by atoms with Crippen molar-refractivity contribution in [2.45, 2.75) is 13.1 Å². The van der Waals surface area contributed by atoms with Crippen LogP contribution in [0.5, 0.6) is 5.75 Å². The van der Waals surface area contributed by atoms with Crippen molar-refractivity contribution in [3.63, 3.8) is 0 Å². The Balaban J connectivity index is 2.13. The molecule has 0 aliphatic heterocycles. The van der Waals surface area contributed by atoms with Gasteiger partial charge in [-0.05, 0) is 36.7 Å². The maximum atomic E-state index is 13.3. The Bertz CT molecular complexity index is 956. The molecule has 2 heterocycles. The minimum Gasteiger partial charge on any atom is -0.496 e. The van der Waals surface area contributed by atoms with Gasteiger partial charge in [-0.1, -0.05) is 6.07 Å². The molecule has 0 saturated carbocycles. The number of pyridine rings is 1. The van der Waals surface area contributed by atoms with E-state index in [4.69, 9.17) is 4.74 Å². The van der Waals surface area contributed by atoms with Gasteiger partial charge in [-0.25, -0.2) is 0 Å². The molecule has 0 fully saturated rings. The molecule has 0 aliphatic carbocycles. The summed E-state index contributed by atoms with van der Waals surface area (Å²) in [4.78, 5) is 17.8. The number of nitrogens with zero attached hydrogens (tertiary/aromatic N) is 3. The van der Waals surface area contributed by atoms with E-state index in [1.807, 2.05) is 6.07 Å². The van der Waals surface area contributed by atoms with E-state index in [-0.39, 0.29) is 12.4 Å². The van der Waals surface area contributed by atoms with Gasteiger partial charge >= 0.3 is 6.18 Å². The summed E-state index contributed by atoms with van der Waals surface area (Å²) in [6, 6.07) is 6.09. The predicted molar refractivity (Wildman–Crippen MR) is 92.8 cm³/mol. The molecule has 26 heavy (non-hydrogen) atoms. The van der Waals surface area contributed by atoms with E-state index >= 15 is 0 Å². The first-order chi connectivity index (χ1) is 12.4. The van der Waals surface area contributed by atoms with Crippen molar-refractivity contribution in [2.75, 3.05) is 18.6 Å². The highest BCUT2D eigenvalue weighted by Gasteiger charge is 2.37. The number of anilines is 1. The zero-order valence-electron chi connectivity index (χ0n) is 13.9. The monoisotopic (exact) mass is 381 g/mol. The van der Waals surface area contributed by atoms with Gasteiger partial charge in [0, 0.05) is 18.9 Å². The zero-order valence-corrected chi connectivity index (χ0v) is 14.7. The normalized spacial score (nSPS) is 11.6. The van der Waals surface area contributed by atoms with E-state index < -0.39 is 23.2 Å². The van der Waals surface area contributed by atoms with Gasteiger partial charge in [0.1, 0.15) is 5.75 Å². The molecule has 1 amide bonds. The summed E-state index contributed by atoms with van der Waals surface area (Å²) in [7, 11) is 1.48. The molecule has 3 aromatic rings. The number of carbonyl (C=O) groups excluding carboxylic acids is 1. The van der Waals surface area contributed by atoms with E-state index in [0.717, 1.165) is 34.7 Å². The van der Waals surface area contributed by atoms with E-state index in [2.05, 4.69) is 9.36 Å². The topological polar surface area (TPSA) is 55.3 Å². The Morgan fingerprint density at radius 2 is 2.08 bits per heavy atom. The van der Waals surface area contributed by atoms with Crippen LogP contribution in [0.2, 0.25) is 0 Å². The van der Waals surface area contributed by atoms with Crippen molar-refractivity contribution in [2.24, 2.45) is 0 Å². The summed E-state index contributed by atoms with van der Waals surface area (Å²) >= 11 is 1.15. The van der Waals surface area contributed by atoms with Gasteiger partial charge in [0.2, 0.25) is 0 Å². The number of alkyl halides is 3. The Kier molecular flexibility index (Phi) is 4.82. The molecule has 0 N–H and O–H groups in total. The second-order valence-electron chi connectivity index (χ2n) is 5.31. The summed E-state index contributed by atoms with van der Waals surface area (Å²) < 4.78 is 50.1.